The van der Waals surface area contributed by atoms with E-state index in [1.165, 1.54) is 0 Å². The normalized spacial score (nSPS) is 4.80. The molecule has 0 atom stereocenters. The van der Waals surface area contributed by atoms with E-state index in [0.29, 0.717) is 0 Å². The maximum atomic E-state index is 9.28. The first-order chi connectivity index (χ1) is 1.73. The van der Waals surface area contributed by atoms with E-state index < -0.39 is 0 Å². The summed E-state index contributed by atoms with van der Waals surface area (Å²) in [5, 5.41) is 0. The quantitative estimate of drug-likeness (QED) is 0.353. The van der Waals surface area contributed by atoms with Gasteiger partial charge in [-0.2, -0.15) is 0 Å². The molecule has 27 valence electrons. The molecule has 0 saturated heterocycles. The molecule has 0 aliphatic rings. The molecule has 0 aliphatic heterocycles. The topological polar surface area (TPSA) is 17.1 Å². The van der Waals surface area contributed by atoms with Gasteiger partial charge in [0.05, 0.1) is 0 Å². The van der Waals surface area contributed by atoms with Crippen molar-refractivity contribution in [3.05, 3.63) is 6.92 Å². The summed E-state index contributed by atoms with van der Waals surface area (Å²) < 4.78 is -0.208. The van der Waals surface area contributed by atoms with Crippen LogP contribution in [0.25, 0.3) is 0 Å². The Kier molecular flexibility index (Phi) is 8.82. The van der Waals surface area contributed by atoms with Gasteiger partial charge in [0, 0.05) is 21.7 Å². The molecule has 5 heavy (non-hydrogen) atoms. The summed E-state index contributed by atoms with van der Waals surface area (Å²) in [6.45, 7) is 2.94. The van der Waals surface area contributed by atoms with Crippen LogP contribution in [0, 0.1) is 6.92 Å². The second-order valence-corrected chi connectivity index (χ2v) is 1.33. The van der Waals surface area contributed by atoms with Gasteiger partial charge in [0.2, 0.25) is 0 Å². The number of carbonyl (C=O) groups excluding carboxylic acids is 1. The molecule has 0 amide bonds. The average Bonchev–Trinajstić information content (AvgIpc) is 0.811. The van der Waals surface area contributed by atoms with Crippen molar-refractivity contribution in [3.63, 3.8) is 0 Å². The molecule has 0 rings (SSSR count). The minimum atomic E-state index is -0.208. The van der Waals surface area contributed by atoms with Crippen molar-refractivity contribution in [3.8, 4) is 0 Å². The van der Waals surface area contributed by atoms with Gasteiger partial charge in [0.25, 0.3) is 0 Å². The van der Waals surface area contributed by atoms with Crippen LogP contribution >= 0.6 is 0 Å². The summed E-state index contributed by atoms with van der Waals surface area (Å²) in [6, 6.07) is 0. The van der Waals surface area contributed by atoms with Crippen LogP contribution in [0.2, 0.25) is 0 Å². The number of rotatable bonds is 0. The van der Waals surface area contributed by atoms with Gasteiger partial charge in [-0.25, -0.2) is 0 Å². The fraction of sp³-hybridized carbons (Fsp3) is 0. The van der Waals surface area contributed by atoms with Crippen molar-refractivity contribution in [1.29, 1.82) is 0 Å². The first-order valence-corrected chi connectivity index (χ1v) is 1.62. The van der Waals surface area contributed by atoms with Crippen LogP contribution in [-0.4, -0.2) is 20.7 Å². The predicted octanol–water partition coefficient (Wildman–Crippen LogP) is -0.487. The summed E-state index contributed by atoms with van der Waals surface area (Å²) in [5.41, 5.74) is 0. The summed E-state index contributed by atoms with van der Waals surface area (Å²) in [4.78, 5) is 9.28. The van der Waals surface area contributed by atoms with E-state index in [4.69, 9.17) is 0 Å². The van der Waals surface area contributed by atoms with Crippen LogP contribution in [0.5, 0.6) is 0 Å². The molecular weight excluding hydrogens is 167 g/mol. The zero-order valence-electron chi connectivity index (χ0n) is 2.52. The second kappa shape index (κ2) is 4.77. The third kappa shape index (κ3) is 61.3. The minimum absolute atomic E-state index is 0. The summed E-state index contributed by atoms with van der Waals surface area (Å²) >= 11 is 2.15. The zero-order chi connectivity index (χ0) is 3.58. The molecule has 1 nitrogen and oxygen atoms in total. The van der Waals surface area contributed by atoms with Gasteiger partial charge in [-0.15, -0.1) is 0 Å². The van der Waals surface area contributed by atoms with Crippen molar-refractivity contribution >= 4 is 20.7 Å². The van der Waals surface area contributed by atoms with Crippen molar-refractivity contribution in [2.45, 2.75) is 0 Å². The first kappa shape index (κ1) is 9.24. The summed E-state index contributed by atoms with van der Waals surface area (Å²) in [6.07, 6.45) is 0. The third-order valence-electron chi connectivity index (χ3n) is 0. The Morgan fingerprint density at radius 1 is 1.80 bits per heavy atom. The summed E-state index contributed by atoms with van der Waals surface area (Å²) in [5.74, 6) is 0. The van der Waals surface area contributed by atoms with Gasteiger partial charge < -0.3 is 0 Å². The maximum absolute atomic E-state index is 9.28. The fourth-order valence-corrected chi connectivity index (χ4v) is 0. The van der Waals surface area contributed by atoms with Crippen molar-refractivity contribution in [2.24, 2.45) is 0 Å². The number of hydrogen-bond acceptors (Lipinski definition) is 1. The molecule has 0 aromatic carbocycles. The Bertz CT molecular complexity index is 32.6. The monoisotopic (exact) mass is 170 g/mol. The Hall–Kier alpha value is 0.774. The number of hydrogen-bond donors (Lipinski definition) is 0. The largest absolute Gasteiger partial charge is 0 e. The van der Waals surface area contributed by atoms with Crippen LogP contribution in [0.4, 0.5) is 0 Å². The third-order valence-corrected chi connectivity index (χ3v) is 0. The van der Waals surface area contributed by atoms with Crippen LogP contribution in [0.1, 0.15) is 0 Å². The van der Waals surface area contributed by atoms with Crippen LogP contribution in [-0.2, 0) is 26.5 Å². The van der Waals surface area contributed by atoms with E-state index in [1.54, 1.807) is 0 Å². The van der Waals surface area contributed by atoms with Gasteiger partial charge in [-0.3, -0.25) is 0 Å². The molecule has 0 aromatic rings. The second-order valence-electron chi connectivity index (χ2n) is 0.372. The molecule has 0 heterocycles. The molecule has 0 bridgehead atoms. The van der Waals surface area contributed by atoms with Crippen LogP contribution in [0.3, 0.4) is 0 Å². The molecule has 0 spiro atoms. The molecule has 3 heteroatoms. The minimum Gasteiger partial charge on any atom is 0 e. The van der Waals surface area contributed by atoms with Crippen LogP contribution in [0.15, 0.2) is 0 Å². The molecular formula is C2H2OSeTi-. The SMILES string of the molecule is [CH2-]C(=O)[Se].[Ti]. The van der Waals surface area contributed by atoms with E-state index in [-0.39, 0.29) is 26.4 Å². The van der Waals surface area contributed by atoms with E-state index in [2.05, 4.69) is 22.9 Å². The Labute approximate surface area is 54.2 Å². The summed E-state index contributed by atoms with van der Waals surface area (Å²) in [7, 11) is 0. The van der Waals surface area contributed by atoms with Gasteiger partial charge in [0.1, 0.15) is 0 Å². The van der Waals surface area contributed by atoms with Crippen molar-refractivity contribution in [1.82, 2.24) is 0 Å². The van der Waals surface area contributed by atoms with Gasteiger partial charge in [0.15, 0.2) is 0 Å². The Morgan fingerprint density at radius 3 is 1.80 bits per heavy atom. The maximum Gasteiger partial charge on any atom is 0 e. The smallest absolute Gasteiger partial charge is 0 e. The van der Waals surface area contributed by atoms with Gasteiger partial charge in [-0.05, 0) is 0 Å². The molecule has 0 saturated carbocycles. The van der Waals surface area contributed by atoms with Gasteiger partial charge in [-0.1, -0.05) is 0 Å². The van der Waals surface area contributed by atoms with E-state index in [9.17, 15) is 4.79 Å². The molecule has 0 N–H and O–H groups in total. The molecule has 1 radical (unpaired) electrons. The molecule has 0 fully saturated rings. The Morgan fingerprint density at radius 2 is 1.80 bits per heavy atom. The predicted molar refractivity (Wildman–Crippen MR) is 16.1 cm³/mol. The molecule has 0 aliphatic carbocycles. The fourth-order valence-electron chi connectivity index (χ4n) is 0. The first-order valence-electron chi connectivity index (χ1n) is 0.762. The van der Waals surface area contributed by atoms with E-state index in [1.807, 2.05) is 0 Å². The van der Waals surface area contributed by atoms with Crippen molar-refractivity contribution < 1.29 is 26.5 Å². The Balaban J connectivity index is 0. The van der Waals surface area contributed by atoms with Crippen LogP contribution < -0.4 is 0 Å². The average molecular weight is 169 g/mol. The molecule has 0 unspecified atom stereocenters. The standard InChI is InChI=1S/C2H2OSe.Ti/c1-2(3)4;/h1H2;/q-1;. The molecule has 0 aromatic heterocycles. The van der Waals surface area contributed by atoms with E-state index in [0.717, 1.165) is 0 Å². The van der Waals surface area contributed by atoms with Crippen molar-refractivity contribution in [2.75, 3.05) is 0 Å². The zero-order valence-corrected chi connectivity index (χ0v) is 5.80. The van der Waals surface area contributed by atoms with E-state index >= 15 is 0 Å². The number of carbonyl (C=O) groups is 1. The van der Waals surface area contributed by atoms with Gasteiger partial charge >= 0.3 is 32.4 Å².